The molecule has 2 saturated carbocycles. The van der Waals surface area contributed by atoms with E-state index in [9.17, 15) is 10.1 Å². The van der Waals surface area contributed by atoms with Gasteiger partial charge >= 0.3 is 0 Å². The summed E-state index contributed by atoms with van der Waals surface area (Å²) in [6.07, 6.45) is 8.06. The van der Waals surface area contributed by atoms with Crippen LogP contribution >= 0.6 is 0 Å². The van der Waals surface area contributed by atoms with Crippen LogP contribution in [0.5, 0.6) is 0 Å². The van der Waals surface area contributed by atoms with E-state index in [1.165, 1.54) is 25.7 Å². The van der Waals surface area contributed by atoms with Crippen molar-refractivity contribution in [1.82, 2.24) is 0 Å². The molecule has 0 heterocycles. The standard InChI is InChI=1S/C9H13NO2/c11-10(12)4-3-9-6-7-1-2-8(9)5-7/h3-4,7-9H,1-2,5-6H2/b4-3+. The molecule has 2 fully saturated rings. The first-order valence-corrected chi connectivity index (χ1v) is 4.57. The highest BCUT2D eigenvalue weighted by molar-refractivity contribution is 4.98. The fraction of sp³-hybridized carbons (Fsp3) is 0.778. The van der Waals surface area contributed by atoms with Crippen LogP contribution in [-0.2, 0) is 0 Å². The monoisotopic (exact) mass is 167 g/mol. The first kappa shape index (κ1) is 7.77. The third-order valence-electron chi connectivity index (χ3n) is 3.25. The minimum Gasteiger partial charge on any atom is -0.259 e. The average Bonchev–Trinajstić information content (AvgIpc) is 2.60. The Morgan fingerprint density at radius 3 is 2.67 bits per heavy atom. The van der Waals surface area contributed by atoms with E-state index in [-0.39, 0.29) is 4.92 Å². The highest BCUT2D eigenvalue weighted by Gasteiger charge is 2.38. The lowest BCUT2D eigenvalue weighted by atomic mass is 9.89. The minimum absolute atomic E-state index is 0.355. The topological polar surface area (TPSA) is 43.1 Å². The van der Waals surface area contributed by atoms with Crippen LogP contribution in [0.1, 0.15) is 25.7 Å². The van der Waals surface area contributed by atoms with E-state index in [4.69, 9.17) is 0 Å². The van der Waals surface area contributed by atoms with E-state index in [2.05, 4.69) is 0 Å². The molecular weight excluding hydrogens is 154 g/mol. The summed E-state index contributed by atoms with van der Waals surface area (Å²) in [6.45, 7) is 0. The fourth-order valence-corrected chi connectivity index (χ4v) is 2.71. The molecule has 0 aromatic rings. The third kappa shape index (κ3) is 1.36. The van der Waals surface area contributed by atoms with Gasteiger partial charge in [0.05, 0.1) is 4.92 Å². The van der Waals surface area contributed by atoms with E-state index in [0.717, 1.165) is 18.0 Å². The van der Waals surface area contributed by atoms with E-state index in [1.807, 2.05) is 0 Å². The van der Waals surface area contributed by atoms with Crippen molar-refractivity contribution < 1.29 is 4.92 Å². The lowest BCUT2D eigenvalue weighted by Crippen LogP contribution is -2.07. The van der Waals surface area contributed by atoms with Crippen LogP contribution in [0.4, 0.5) is 0 Å². The molecular formula is C9H13NO2. The molecule has 0 spiro atoms. The predicted molar refractivity (Wildman–Crippen MR) is 45.1 cm³/mol. The Balaban J connectivity index is 1.94. The molecule has 3 atom stereocenters. The summed E-state index contributed by atoms with van der Waals surface area (Å²) in [5, 5.41) is 10.1. The van der Waals surface area contributed by atoms with Crippen molar-refractivity contribution in [2.24, 2.45) is 17.8 Å². The van der Waals surface area contributed by atoms with E-state index < -0.39 is 0 Å². The van der Waals surface area contributed by atoms with Gasteiger partial charge in [-0.3, -0.25) is 10.1 Å². The third-order valence-corrected chi connectivity index (χ3v) is 3.25. The smallest absolute Gasteiger partial charge is 0.230 e. The molecule has 0 amide bonds. The van der Waals surface area contributed by atoms with E-state index >= 15 is 0 Å². The molecule has 0 aromatic heterocycles. The first-order chi connectivity index (χ1) is 5.75. The Bertz CT molecular complexity index is 225. The van der Waals surface area contributed by atoms with Gasteiger partial charge in [-0.15, -0.1) is 0 Å². The molecule has 2 aliphatic carbocycles. The van der Waals surface area contributed by atoms with Gasteiger partial charge in [0.15, 0.2) is 0 Å². The molecule has 3 heteroatoms. The lowest BCUT2D eigenvalue weighted by Gasteiger charge is -2.16. The summed E-state index contributed by atoms with van der Waals surface area (Å²) >= 11 is 0. The molecule has 0 N–H and O–H groups in total. The van der Waals surface area contributed by atoms with Crippen LogP contribution in [0, 0.1) is 27.9 Å². The first-order valence-electron chi connectivity index (χ1n) is 4.57. The SMILES string of the molecule is O=[N+]([O-])/C=C/C1CC2CCC1C2. The van der Waals surface area contributed by atoms with Gasteiger partial charge in [-0.2, -0.15) is 0 Å². The van der Waals surface area contributed by atoms with Gasteiger partial charge in [0.25, 0.3) is 0 Å². The molecule has 0 saturated heterocycles. The summed E-state index contributed by atoms with van der Waals surface area (Å²) < 4.78 is 0. The zero-order valence-corrected chi connectivity index (χ0v) is 6.98. The van der Waals surface area contributed by atoms with Gasteiger partial charge in [0.1, 0.15) is 0 Å². The molecule has 2 bridgehead atoms. The van der Waals surface area contributed by atoms with Crippen molar-refractivity contribution in [3.63, 3.8) is 0 Å². The van der Waals surface area contributed by atoms with Gasteiger partial charge in [-0.1, -0.05) is 6.42 Å². The second-order valence-corrected chi connectivity index (χ2v) is 3.97. The molecule has 12 heavy (non-hydrogen) atoms. The molecule has 66 valence electrons. The summed E-state index contributed by atoms with van der Waals surface area (Å²) in [7, 11) is 0. The average molecular weight is 167 g/mol. The number of nitro groups is 1. The summed E-state index contributed by atoms with van der Waals surface area (Å²) in [5.41, 5.74) is 0. The Kier molecular flexibility index (Phi) is 1.87. The number of hydrogen-bond acceptors (Lipinski definition) is 2. The van der Waals surface area contributed by atoms with Crippen molar-refractivity contribution in [1.29, 1.82) is 0 Å². The fourth-order valence-electron chi connectivity index (χ4n) is 2.71. The molecule has 3 nitrogen and oxygen atoms in total. The van der Waals surface area contributed by atoms with E-state index in [0.29, 0.717) is 5.92 Å². The van der Waals surface area contributed by atoms with Gasteiger partial charge in [-0.05, 0) is 43.1 Å². The van der Waals surface area contributed by atoms with Crippen LogP contribution in [0.15, 0.2) is 12.3 Å². The molecule has 0 radical (unpaired) electrons. The molecule has 0 aromatic carbocycles. The summed E-state index contributed by atoms with van der Waals surface area (Å²) in [6, 6.07) is 0. The zero-order chi connectivity index (χ0) is 8.55. The van der Waals surface area contributed by atoms with E-state index in [1.54, 1.807) is 6.08 Å². The maximum absolute atomic E-state index is 10.1. The normalized spacial score (nSPS) is 39.5. The van der Waals surface area contributed by atoms with Crippen molar-refractivity contribution in [2.45, 2.75) is 25.7 Å². The molecule has 0 aliphatic heterocycles. The van der Waals surface area contributed by atoms with Crippen molar-refractivity contribution in [3.8, 4) is 0 Å². The molecule has 2 aliphatic rings. The Hall–Kier alpha value is -0.860. The number of allylic oxidation sites excluding steroid dienone is 1. The maximum Gasteiger partial charge on any atom is 0.230 e. The van der Waals surface area contributed by atoms with Crippen molar-refractivity contribution in [3.05, 3.63) is 22.4 Å². The second-order valence-electron chi connectivity index (χ2n) is 3.97. The van der Waals surface area contributed by atoms with Crippen molar-refractivity contribution in [2.75, 3.05) is 0 Å². The number of rotatable bonds is 2. The molecule has 3 unspecified atom stereocenters. The largest absolute Gasteiger partial charge is 0.259 e. The van der Waals surface area contributed by atoms with Crippen molar-refractivity contribution >= 4 is 0 Å². The van der Waals surface area contributed by atoms with Crippen LogP contribution in [0.2, 0.25) is 0 Å². The van der Waals surface area contributed by atoms with Gasteiger partial charge in [0, 0.05) is 0 Å². The van der Waals surface area contributed by atoms with Crippen LogP contribution in [-0.4, -0.2) is 4.92 Å². The lowest BCUT2D eigenvalue weighted by molar-refractivity contribution is -0.402. The number of fused-ring (bicyclic) bond motifs is 2. The number of nitrogens with zero attached hydrogens (tertiary/aromatic N) is 1. The highest BCUT2D eigenvalue weighted by Crippen LogP contribution is 2.48. The second kappa shape index (κ2) is 2.88. The van der Waals surface area contributed by atoms with Gasteiger partial charge < -0.3 is 0 Å². The predicted octanol–water partition coefficient (Wildman–Crippen LogP) is 2.21. The Morgan fingerprint density at radius 2 is 2.17 bits per heavy atom. The molecule has 2 rings (SSSR count). The Morgan fingerprint density at radius 1 is 1.33 bits per heavy atom. The Labute approximate surface area is 71.6 Å². The zero-order valence-electron chi connectivity index (χ0n) is 6.98. The van der Waals surface area contributed by atoms with Crippen LogP contribution < -0.4 is 0 Å². The highest BCUT2D eigenvalue weighted by atomic mass is 16.6. The maximum atomic E-state index is 10.1. The summed E-state index contributed by atoms with van der Waals surface area (Å²) in [4.78, 5) is 9.73. The quantitative estimate of drug-likeness (QED) is 0.467. The van der Waals surface area contributed by atoms with Gasteiger partial charge in [0.2, 0.25) is 6.20 Å². The summed E-state index contributed by atoms with van der Waals surface area (Å²) in [5.74, 6) is 2.14. The van der Waals surface area contributed by atoms with Crippen LogP contribution in [0.3, 0.4) is 0 Å². The van der Waals surface area contributed by atoms with Gasteiger partial charge in [-0.25, -0.2) is 0 Å². The number of hydrogen-bond donors (Lipinski definition) is 0. The minimum atomic E-state index is -0.355. The van der Waals surface area contributed by atoms with Crippen LogP contribution in [0.25, 0.3) is 0 Å².